The number of carbonyl (C=O) groups excluding carboxylic acids is 2. The number of rotatable bonds is 4. The first-order chi connectivity index (χ1) is 10.9. The number of nitrogens with one attached hydrogen (secondary N) is 2. The molecule has 0 radical (unpaired) electrons. The van der Waals surface area contributed by atoms with Crippen LogP contribution in [-0.2, 0) is 19.1 Å². The van der Waals surface area contributed by atoms with E-state index in [-0.39, 0.29) is 16.6 Å². The van der Waals surface area contributed by atoms with Crippen LogP contribution in [0.1, 0.15) is 0 Å². The highest BCUT2D eigenvalue weighted by atomic mass is 16.5. The molecule has 0 unspecified atom stereocenters. The van der Waals surface area contributed by atoms with E-state index in [0.717, 1.165) is 20.3 Å². The predicted octanol–water partition coefficient (Wildman–Crippen LogP) is 0.123. The summed E-state index contributed by atoms with van der Waals surface area (Å²) in [6.07, 6.45) is 0.908. The first kappa shape index (κ1) is 16.0. The average molecular weight is 320 g/mol. The lowest BCUT2D eigenvalue weighted by atomic mass is 10.2. The number of aromatic nitrogens is 1. The molecule has 9 nitrogen and oxygen atoms in total. The van der Waals surface area contributed by atoms with Crippen LogP contribution in [0, 0.1) is 0 Å². The summed E-state index contributed by atoms with van der Waals surface area (Å²) in [6.45, 7) is 0. The van der Waals surface area contributed by atoms with Crippen LogP contribution in [0.3, 0.4) is 0 Å². The minimum absolute atomic E-state index is 0.0943. The third kappa shape index (κ3) is 3.64. The minimum atomic E-state index is -0.871. The lowest BCUT2D eigenvalue weighted by Crippen LogP contribution is -2.17. The molecule has 0 atom stereocenters. The fourth-order valence-corrected chi connectivity index (χ4v) is 1.76. The van der Waals surface area contributed by atoms with Crippen LogP contribution in [0.25, 0.3) is 10.9 Å². The predicted molar refractivity (Wildman–Crippen MR) is 78.8 cm³/mol. The summed E-state index contributed by atoms with van der Waals surface area (Å²) in [5, 5.41) is 2.74. The average Bonchev–Trinajstić information content (AvgIpc) is 2.53. The van der Waals surface area contributed by atoms with Crippen molar-refractivity contribution in [3.63, 3.8) is 0 Å². The molecule has 2 rings (SSSR count). The van der Waals surface area contributed by atoms with E-state index in [2.05, 4.69) is 24.2 Å². The Hall–Kier alpha value is -3.36. The molecule has 2 aromatic rings. The molecule has 0 aliphatic heterocycles. The Morgan fingerprint density at radius 1 is 1.22 bits per heavy atom. The van der Waals surface area contributed by atoms with E-state index < -0.39 is 23.3 Å². The van der Waals surface area contributed by atoms with Crippen molar-refractivity contribution in [3.05, 3.63) is 50.9 Å². The van der Waals surface area contributed by atoms with Gasteiger partial charge in [-0.25, -0.2) is 19.2 Å². The second-order valence-corrected chi connectivity index (χ2v) is 4.26. The number of carbonyl (C=O) groups is 2. The Bertz CT molecular complexity index is 907. The maximum absolute atomic E-state index is 11.7. The Labute approximate surface area is 128 Å². The second kappa shape index (κ2) is 6.60. The molecular weight excluding hydrogens is 308 g/mol. The van der Waals surface area contributed by atoms with Gasteiger partial charge in [0.05, 0.1) is 31.2 Å². The van der Waals surface area contributed by atoms with Crippen LogP contribution >= 0.6 is 0 Å². The summed E-state index contributed by atoms with van der Waals surface area (Å²) < 4.78 is 13.4. The van der Waals surface area contributed by atoms with E-state index in [1.807, 2.05) is 0 Å². The van der Waals surface area contributed by atoms with E-state index in [0.29, 0.717) is 5.69 Å². The molecule has 23 heavy (non-hydrogen) atoms. The maximum atomic E-state index is 11.7. The normalized spacial score (nSPS) is 11.1. The standard InChI is InChI=1S/C14H12N2O7/c1-21-11(17)6-10(13(19)22-2)15-7-3-4-9-8(5-7)12(18)23-14(20)16-9/h3-6,15H,1-2H3,(H,16,20)/b10-6+. The lowest BCUT2D eigenvalue weighted by Gasteiger charge is -2.09. The number of aromatic amines is 1. The first-order valence-corrected chi connectivity index (χ1v) is 6.26. The van der Waals surface area contributed by atoms with Crippen molar-refractivity contribution in [2.75, 3.05) is 19.5 Å². The van der Waals surface area contributed by atoms with Crippen LogP contribution < -0.4 is 16.7 Å². The Balaban J connectivity index is 2.44. The summed E-state index contributed by atoms with van der Waals surface area (Å²) >= 11 is 0. The number of benzene rings is 1. The SMILES string of the molecule is COC(=O)/C=C(/Nc1ccc2[nH]c(=O)oc(=O)c2c1)C(=O)OC. The molecule has 0 spiro atoms. The highest BCUT2D eigenvalue weighted by Gasteiger charge is 2.13. The molecule has 0 aliphatic carbocycles. The van der Waals surface area contributed by atoms with Gasteiger partial charge in [0.15, 0.2) is 0 Å². The Morgan fingerprint density at radius 2 is 1.96 bits per heavy atom. The van der Waals surface area contributed by atoms with Gasteiger partial charge in [-0.15, -0.1) is 0 Å². The van der Waals surface area contributed by atoms with Crippen LogP contribution in [0.4, 0.5) is 5.69 Å². The van der Waals surface area contributed by atoms with E-state index in [1.54, 1.807) is 0 Å². The number of methoxy groups -OCH3 is 2. The molecule has 2 N–H and O–H groups in total. The summed E-state index contributed by atoms with van der Waals surface area (Å²) in [5.74, 6) is -2.43. The molecule has 0 bridgehead atoms. The van der Waals surface area contributed by atoms with Crippen LogP contribution in [0.15, 0.2) is 44.0 Å². The Kier molecular flexibility index (Phi) is 4.60. The number of esters is 2. The van der Waals surface area contributed by atoms with Crippen LogP contribution in [-0.4, -0.2) is 31.1 Å². The van der Waals surface area contributed by atoms with Gasteiger partial charge in [-0.2, -0.15) is 0 Å². The highest BCUT2D eigenvalue weighted by molar-refractivity contribution is 5.99. The van der Waals surface area contributed by atoms with Gasteiger partial charge in [0.1, 0.15) is 5.70 Å². The van der Waals surface area contributed by atoms with Gasteiger partial charge >= 0.3 is 23.3 Å². The monoisotopic (exact) mass is 320 g/mol. The zero-order valence-corrected chi connectivity index (χ0v) is 12.2. The van der Waals surface area contributed by atoms with Crippen molar-refractivity contribution < 1.29 is 23.5 Å². The van der Waals surface area contributed by atoms with Gasteiger partial charge < -0.3 is 19.2 Å². The molecule has 120 valence electrons. The Morgan fingerprint density at radius 3 is 2.61 bits per heavy atom. The van der Waals surface area contributed by atoms with Gasteiger partial charge in [0.25, 0.3) is 0 Å². The number of H-pyrrole nitrogens is 1. The van der Waals surface area contributed by atoms with Gasteiger partial charge in [-0.1, -0.05) is 0 Å². The first-order valence-electron chi connectivity index (χ1n) is 6.26. The molecule has 9 heteroatoms. The van der Waals surface area contributed by atoms with Crippen LogP contribution in [0.5, 0.6) is 0 Å². The molecule has 1 aromatic carbocycles. The summed E-state index contributed by atoms with van der Waals surface area (Å²) in [7, 11) is 2.31. The lowest BCUT2D eigenvalue weighted by molar-refractivity contribution is -0.138. The number of ether oxygens (including phenoxy) is 2. The van der Waals surface area contributed by atoms with E-state index in [1.165, 1.54) is 18.2 Å². The molecule has 1 aromatic heterocycles. The number of fused-ring (bicyclic) bond motifs is 1. The number of anilines is 1. The molecular formula is C14H12N2O7. The fraction of sp³-hybridized carbons (Fsp3) is 0.143. The molecule has 0 amide bonds. The smallest absolute Gasteiger partial charge is 0.419 e. The summed E-state index contributed by atoms with van der Waals surface area (Å²) in [5.41, 5.74) is -0.442. The zero-order chi connectivity index (χ0) is 17.0. The third-order valence-electron chi connectivity index (χ3n) is 2.81. The van der Waals surface area contributed by atoms with E-state index in [4.69, 9.17) is 0 Å². The second-order valence-electron chi connectivity index (χ2n) is 4.26. The molecule has 0 saturated carbocycles. The van der Waals surface area contributed by atoms with E-state index >= 15 is 0 Å². The van der Waals surface area contributed by atoms with Crippen molar-refractivity contribution in [3.8, 4) is 0 Å². The fourth-order valence-electron chi connectivity index (χ4n) is 1.76. The van der Waals surface area contributed by atoms with Crippen molar-refractivity contribution in [1.82, 2.24) is 4.98 Å². The highest BCUT2D eigenvalue weighted by Crippen LogP contribution is 2.16. The topological polar surface area (TPSA) is 128 Å². The molecule has 0 saturated heterocycles. The van der Waals surface area contributed by atoms with Crippen molar-refractivity contribution in [1.29, 1.82) is 0 Å². The number of hydrogen-bond donors (Lipinski definition) is 2. The number of hydrogen-bond acceptors (Lipinski definition) is 8. The molecule has 0 aliphatic rings. The molecule has 0 fully saturated rings. The largest absolute Gasteiger partial charge is 0.466 e. The van der Waals surface area contributed by atoms with Gasteiger partial charge in [-0.3, -0.25) is 4.98 Å². The van der Waals surface area contributed by atoms with Gasteiger partial charge in [-0.05, 0) is 18.2 Å². The maximum Gasteiger partial charge on any atom is 0.419 e. The minimum Gasteiger partial charge on any atom is -0.466 e. The van der Waals surface area contributed by atoms with E-state index in [9.17, 15) is 19.2 Å². The van der Waals surface area contributed by atoms with Gasteiger partial charge in [0.2, 0.25) is 0 Å². The van der Waals surface area contributed by atoms with Crippen molar-refractivity contribution in [2.45, 2.75) is 0 Å². The quantitative estimate of drug-likeness (QED) is 0.600. The summed E-state index contributed by atoms with van der Waals surface area (Å²) in [6, 6.07) is 4.29. The third-order valence-corrected chi connectivity index (χ3v) is 2.81. The zero-order valence-electron chi connectivity index (χ0n) is 12.2. The van der Waals surface area contributed by atoms with Crippen molar-refractivity contribution in [2.24, 2.45) is 0 Å². The van der Waals surface area contributed by atoms with Crippen molar-refractivity contribution >= 4 is 28.5 Å². The summed E-state index contributed by atoms with van der Waals surface area (Å²) in [4.78, 5) is 48.0. The van der Waals surface area contributed by atoms with Gasteiger partial charge in [0, 0.05) is 5.69 Å². The molecule has 1 heterocycles. The van der Waals surface area contributed by atoms with Crippen LogP contribution in [0.2, 0.25) is 0 Å².